The number of anilines is 1. The Kier molecular flexibility index (Phi) is 6.54. The number of carbonyl (C=O) groups is 1. The van der Waals surface area contributed by atoms with Crippen molar-refractivity contribution in [1.82, 2.24) is 30.3 Å². The van der Waals surface area contributed by atoms with Gasteiger partial charge in [-0.3, -0.25) is 14.9 Å². The van der Waals surface area contributed by atoms with E-state index < -0.39 is 17.7 Å². The zero-order valence-electron chi connectivity index (χ0n) is 21.0. The summed E-state index contributed by atoms with van der Waals surface area (Å²) >= 11 is 12.6. The first-order valence-electron chi connectivity index (χ1n) is 12.5. The number of likely N-dealkylation sites (tertiary alicyclic amines) is 1. The number of nitrogens with zero attached hydrogens (tertiary/aromatic N) is 6. The molecule has 6 rings (SSSR count). The van der Waals surface area contributed by atoms with E-state index in [2.05, 4.69) is 25.4 Å². The minimum absolute atomic E-state index is 0.135. The summed E-state index contributed by atoms with van der Waals surface area (Å²) in [5, 5.41) is 27.6. The molecule has 202 valence electrons. The highest BCUT2D eigenvalue weighted by Gasteiger charge is 2.49. The Balaban J connectivity index is 1.17. The molecule has 0 spiro atoms. The Morgan fingerprint density at radius 3 is 2.64 bits per heavy atom. The third kappa shape index (κ3) is 4.76. The van der Waals surface area contributed by atoms with E-state index in [1.54, 1.807) is 4.90 Å². The molecule has 11 nitrogen and oxygen atoms in total. The molecule has 1 amide bonds. The molecule has 5 heterocycles. The third-order valence-electron chi connectivity index (χ3n) is 7.18. The largest absolute Gasteiger partial charge is 0.486 e. The number of amides is 1. The lowest BCUT2D eigenvalue weighted by Gasteiger charge is -2.48. The average Bonchev–Trinajstić information content (AvgIpc) is 3.52. The van der Waals surface area contributed by atoms with Gasteiger partial charge < -0.3 is 25.4 Å². The van der Waals surface area contributed by atoms with Crippen molar-refractivity contribution in [3.8, 4) is 17.1 Å². The fourth-order valence-electron chi connectivity index (χ4n) is 5.13. The number of rotatable bonds is 6. The van der Waals surface area contributed by atoms with Crippen LogP contribution in [-0.4, -0.2) is 79.1 Å². The van der Waals surface area contributed by atoms with Crippen molar-refractivity contribution in [2.24, 2.45) is 5.73 Å². The number of carbonyl (C=O) groups excluding carboxylic acids is 1. The second-order valence-corrected chi connectivity index (χ2v) is 10.9. The Labute approximate surface area is 233 Å². The van der Waals surface area contributed by atoms with Crippen molar-refractivity contribution in [3.63, 3.8) is 0 Å². The molecule has 2 aliphatic rings. The fourth-order valence-corrected chi connectivity index (χ4v) is 5.80. The third-order valence-corrected chi connectivity index (χ3v) is 7.79. The van der Waals surface area contributed by atoms with Crippen LogP contribution in [0.5, 0.6) is 5.75 Å². The molecule has 1 aromatic carbocycles. The van der Waals surface area contributed by atoms with Crippen LogP contribution in [0.4, 0.5) is 5.82 Å². The number of aromatic amines is 1. The second kappa shape index (κ2) is 9.91. The van der Waals surface area contributed by atoms with Crippen LogP contribution in [0.3, 0.4) is 0 Å². The van der Waals surface area contributed by atoms with E-state index in [-0.39, 0.29) is 5.91 Å². The fraction of sp³-hybridized carbons (Fsp3) is 0.346. The maximum Gasteiger partial charge on any atom is 0.246 e. The molecular formula is C26H26Cl2N8O3. The number of β-amino-alcohol motifs (C(OH)–C–C–N with tert-alkyl or cyclic N) is 1. The topological polar surface area (TPSA) is 146 Å². The van der Waals surface area contributed by atoms with Crippen LogP contribution in [0.1, 0.15) is 25.0 Å². The van der Waals surface area contributed by atoms with Gasteiger partial charge in [-0.25, -0.2) is 0 Å². The molecule has 2 fully saturated rings. The normalized spacial score (nSPS) is 19.3. The number of aromatic nitrogens is 5. The molecule has 0 unspecified atom stereocenters. The molecule has 2 atom stereocenters. The summed E-state index contributed by atoms with van der Waals surface area (Å²) < 4.78 is 6.15. The van der Waals surface area contributed by atoms with Gasteiger partial charge in [0.2, 0.25) is 5.91 Å². The number of pyridine rings is 1. The average molecular weight is 569 g/mol. The number of aliphatic hydroxyl groups is 1. The van der Waals surface area contributed by atoms with E-state index in [9.17, 15) is 9.90 Å². The first kappa shape index (κ1) is 25.8. The number of hydrogen-bond donors (Lipinski definition) is 3. The molecule has 2 saturated heterocycles. The SMILES string of the molecule is C[C@@H](Oc1ccc2[nH]nc(-c3ccc(N4CC(N)(C(=O)N5CC[C@@H](O)C5)C4)nn3)c2c1)c1c(Cl)cncc1Cl. The van der Waals surface area contributed by atoms with Gasteiger partial charge in [0.05, 0.1) is 21.7 Å². The van der Waals surface area contributed by atoms with E-state index in [0.717, 1.165) is 10.9 Å². The molecule has 0 saturated carbocycles. The van der Waals surface area contributed by atoms with Gasteiger partial charge in [-0.15, -0.1) is 10.2 Å². The zero-order chi connectivity index (χ0) is 27.3. The molecule has 13 heteroatoms. The number of benzene rings is 1. The minimum atomic E-state index is -0.985. The van der Waals surface area contributed by atoms with E-state index in [0.29, 0.717) is 71.2 Å². The number of halogens is 2. The quantitative estimate of drug-likeness (QED) is 0.319. The first-order valence-corrected chi connectivity index (χ1v) is 13.3. The number of nitrogens with two attached hydrogens (primary N) is 1. The van der Waals surface area contributed by atoms with Crippen molar-refractivity contribution in [1.29, 1.82) is 0 Å². The molecule has 2 aliphatic heterocycles. The van der Waals surface area contributed by atoms with Crippen LogP contribution < -0.4 is 15.4 Å². The van der Waals surface area contributed by atoms with Crippen LogP contribution in [0, 0.1) is 0 Å². The van der Waals surface area contributed by atoms with Crippen LogP contribution in [0.25, 0.3) is 22.3 Å². The van der Waals surface area contributed by atoms with Crippen molar-refractivity contribution in [2.45, 2.75) is 31.1 Å². The Hall–Kier alpha value is -3.51. The van der Waals surface area contributed by atoms with Crippen LogP contribution in [-0.2, 0) is 4.79 Å². The van der Waals surface area contributed by atoms with Gasteiger partial charge in [0, 0.05) is 49.5 Å². The predicted molar refractivity (Wildman–Crippen MR) is 147 cm³/mol. The number of hydrogen-bond acceptors (Lipinski definition) is 9. The second-order valence-electron chi connectivity index (χ2n) is 10.0. The maximum atomic E-state index is 12.8. The van der Waals surface area contributed by atoms with Crippen LogP contribution in [0.2, 0.25) is 10.0 Å². The Morgan fingerprint density at radius 2 is 1.97 bits per heavy atom. The van der Waals surface area contributed by atoms with E-state index >= 15 is 0 Å². The van der Waals surface area contributed by atoms with Crippen molar-refractivity contribution < 1.29 is 14.6 Å². The number of H-pyrrole nitrogens is 1. The standard InChI is InChI=1S/C26H26Cl2N8O3/c1-14(23-18(27)9-30-10-19(23)28)39-16-2-3-20-17(8-16)24(34-31-20)21-4-5-22(33-32-21)36-12-26(29,13-36)25(38)35-7-6-15(37)11-35/h2-5,8-10,14-15,37H,6-7,11-13,29H2,1H3,(H,31,34)/t14-,15-/m1/s1. The van der Waals surface area contributed by atoms with E-state index in [1.165, 1.54) is 12.4 Å². The molecule has 39 heavy (non-hydrogen) atoms. The van der Waals surface area contributed by atoms with Gasteiger partial charge in [0.25, 0.3) is 0 Å². The van der Waals surface area contributed by atoms with Gasteiger partial charge in [-0.2, -0.15) is 5.10 Å². The van der Waals surface area contributed by atoms with Gasteiger partial charge >= 0.3 is 0 Å². The Bertz CT molecular complexity index is 1520. The summed E-state index contributed by atoms with van der Waals surface area (Å²) in [6.45, 7) is 3.40. The zero-order valence-corrected chi connectivity index (χ0v) is 22.5. The lowest BCUT2D eigenvalue weighted by molar-refractivity contribution is -0.137. The maximum absolute atomic E-state index is 12.8. The highest BCUT2D eigenvalue weighted by atomic mass is 35.5. The molecular weight excluding hydrogens is 543 g/mol. The van der Waals surface area contributed by atoms with Crippen molar-refractivity contribution >= 4 is 45.8 Å². The summed E-state index contributed by atoms with van der Waals surface area (Å²) in [5.74, 6) is 1.10. The highest BCUT2D eigenvalue weighted by Crippen LogP contribution is 2.35. The van der Waals surface area contributed by atoms with Gasteiger partial charge in [0.1, 0.15) is 28.8 Å². The lowest BCUT2D eigenvalue weighted by Crippen LogP contribution is -2.74. The molecule has 4 N–H and O–H groups in total. The Morgan fingerprint density at radius 1 is 1.21 bits per heavy atom. The van der Waals surface area contributed by atoms with E-state index in [1.807, 2.05) is 42.2 Å². The summed E-state index contributed by atoms with van der Waals surface area (Å²) in [4.78, 5) is 20.3. The van der Waals surface area contributed by atoms with Crippen LogP contribution >= 0.6 is 23.2 Å². The lowest BCUT2D eigenvalue weighted by atomic mass is 9.89. The van der Waals surface area contributed by atoms with Crippen molar-refractivity contribution in [3.05, 3.63) is 58.3 Å². The molecule has 0 bridgehead atoms. The summed E-state index contributed by atoms with van der Waals surface area (Å²) in [6, 6.07) is 9.26. The minimum Gasteiger partial charge on any atom is -0.486 e. The first-order chi connectivity index (χ1) is 18.7. The predicted octanol–water partition coefficient (Wildman–Crippen LogP) is 2.97. The molecule has 0 radical (unpaired) electrons. The number of nitrogens with one attached hydrogen (secondary N) is 1. The summed E-state index contributed by atoms with van der Waals surface area (Å²) in [7, 11) is 0. The smallest absolute Gasteiger partial charge is 0.246 e. The number of aliphatic hydroxyl groups excluding tert-OH is 1. The van der Waals surface area contributed by atoms with Gasteiger partial charge in [0.15, 0.2) is 5.82 Å². The van der Waals surface area contributed by atoms with Crippen LogP contribution in [0.15, 0.2) is 42.7 Å². The monoisotopic (exact) mass is 568 g/mol. The summed E-state index contributed by atoms with van der Waals surface area (Å²) in [6.07, 6.45) is 2.77. The number of ether oxygens (including phenoxy) is 1. The van der Waals surface area contributed by atoms with Crippen molar-refractivity contribution in [2.75, 3.05) is 31.1 Å². The van der Waals surface area contributed by atoms with Gasteiger partial charge in [-0.05, 0) is 43.7 Å². The molecule has 0 aliphatic carbocycles. The van der Waals surface area contributed by atoms with E-state index in [4.69, 9.17) is 33.7 Å². The van der Waals surface area contributed by atoms with Gasteiger partial charge in [-0.1, -0.05) is 23.2 Å². The molecule has 3 aromatic heterocycles. The molecule has 4 aromatic rings. The number of fused-ring (bicyclic) bond motifs is 1. The summed E-state index contributed by atoms with van der Waals surface area (Å²) in [5.41, 5.74) is 8.06. The highest BCUT2D eigenvalue weighted by molar-refractivity contribution is 6.35.